The zero-order chi connectivity index (χ0) is 14.1. The van der Waals surface area contributed by atoms with E-state index >= 15 is 0 Å². The molecule has 3 rings (SSSR count). The molecule has 106 valence electrons. The van der Waals surface area contributed by atoms with Gasteiger partial charge >= 0.3 is 5.97 Å². The molecule has 2 atom stereocenters. The van der Waals surface area contributed by atoms with Crippen LogP contribution in [0.2, 0.25) is 0 Å². The Kier molecular flexibility index (Phi) is 3.64. The fourth-order valence-electron chi connectivity index (χ4n) is 3.85. The summed E-state index contributed by atoms with van der Waals surface area (Å²) in [6.07, 6.45) is 4.77. The van der Waals surface area contributed by atoms with Gasteiger partial charge in [-0.3, -0.25) is 0 Å². The van der Waals surface area contributed by atoms with Gasteiger partial charge in [-0.15, -0.1) is 0 Å². The smallest absolute Gasteiger partial charge is 0.338 e. The number of esters is 1. The number of hydrogen-bond acceptors (Lipinski definition) is 2. The first-order valence-electron chi connectivity index (χ1n) is 7.60. The third-order valence-electron chi connectivity index (χ3n) is 5.17. The third-order valence-corrected chi connectivity index (χ3v) is 5.17. The lowest BCUT2D eigenvalue weighted by Gasteiger charge is -2.32. The van der Waals surface area contributed by atoms with Crippen LogP contribution in [0.1, 0.15) is 38.2 Å². The van der Waals surface area contributed by atoms with Crippen molar-refractivity contribution in [3.8, 4) is 0 Å². The first kappa shape index (κ1) is 13.4. The normalized spacial score (nSPS) is 31.9. The second kappa shape index (κ2) is 5.43. The van der Waals surface area contributed by atoms with Gasteiger partial charge in [0.05, 0.1) is 5.57 Å². The van der Waals surface area contributed by atoms with E-state index in [-0.39, 0.29) is 12.1 Å². The first-order chi connectivity index (χ1) is 9.65. The molecule has 2 bridgehead atoms. The quantitative estimate of drug-likeness (QED) is 0.611. The van der Waals surface area contributed by atoms with Crippen LogP contribution < -0.4 is 0 Å². The van der Waals surface area contributed by atoms with Gasteiger partial charge in [-0.1, -0.05) is 43.8 Å². The second-order valence-electron chi connectivity index (χ2n) is 6.30. The molecule has 2 nitrogen and oxygen atoms in total. The standard InChI is InChI=1S/C18H22O2/c1-12-15-8-9-16(12)11-17(10-15)20-18(19)13(2)14-6-4-3-5-7-14/h3-7,12,15-17H,2,8-11H2,1H3. The summed E-state index contributed by atoms with van der Waals surface area (Å²) in [6.45, 7) is 6.23. The fourth-order valence-corrected chi connectivity index (χ4v) is 3.85. The first-order valence-corrected chi connectivity index (χ1v) is 7.60. The van der Waals surface area contributed by atoms with Crippen LogP contribution in [-0.2, 0) is 9.53 Å². The predicted molar refractivity (Wildman–Crippen MR) is 80.0 cm³/mol. The lowest BCUT2D eigenvalue weighted by atomic mass is 9.78. The number of ether oxygens (including phenoxy) is 1. The van der Waals surface area contributed by atoms with Gasteiger partial charge in [0.15, 0.2) is 0 Å². The van der Waals surface area contributed by atoms with Crippen molar-refractivity contribution in [3.05, 3.63) is 42.5 Å². The predicted octanol–water partition coefficient (Wildman–Crippen LogP) is 4.07. The van der Waals surface area contributed by atoms with E-state index < -0.39 is 0 Å². The lowest BCUT2D eigenvalue weighted by molar-refractivity contribution is -0.144. The maximum atomic E-state index is 12.2. The van der Waals surface area contributed by atoms with Crippen LogP contribution in [0.3, 0.4) is 0 Å². The highest BCUT2D eigenvalue weighted by Crippen LogP contribution is 2.47. The molecule has 0 aromatic heterocycles. The van der Waals surface area contributed by atoms with Gasteiger partial charge < -0.3 is 4.74 Å². The Balaban J connectivity index is 1.61. The van der Waals surface area contributed by atoms with Crippen LogP contribution in [-0.4, -0.2) is 12.1 Å². The van der Waals surface area contributed by atoms with Crippen molar-refractivity contribution in [2.45, 2.75) is 38.7 Å². The zero-order valence-electron chi connectivity index (χ0n) is 12.0. The molecule has 2 aliphatic rings. The van der Waals surface area contributed by atoms with Crippen molar-refractivity contribution < 1.29 is 9.53 Å². The van der Waals surface area contributed by atoms with E-state index in [1.54, 1.807) is 0 Å². The molecule has 2 unspecified atom stereocenters. The van der Waals surface area contributed by atoms with Crippen LogP contribution in [0.5, 0.6) is 0 Å². The van der Waals surface area contributed by atoms with Gasteiger partial charge in [0.2, 0.25) is 0 Å². The molecule has 0 radical (unpaired) electrons. The molecule has 2 saturated carbocycles. The summed E-state index contributed by atoms with van der Waals surface area (Å²) in [4.78, 5) is 12.2. The Labute approximate surface area is 120 Å². The van der Waals surface area contributed by atoms with Crippen molar-refractivity contribution in [2.75, 3.05) is 0 Å². The van der Waals surface area contributed by atoms with E-state index in [2.05, 4.69) is 13.5 Å². The lowest BCUT2D eigenvalue weighted by Crippen LogP contribution is -2.31. The minimum atomic E-state index is -0.254. The largest absolute Gasteiger partial charge is 0.459 e. The van der Waals surface area contributed by atoms with Crippen LogP contribution in [0.25, 0.3) is 5.57 Å². The van der Waals surface area contributed by atoms with E-state index in [4.69, 9.17) is 4.74 Å². The average molecular weight is 270 g/mol. The average Bonchev–Trinajstić information content (AvgIpc) is 2.69. The number of carbonyl (C=O) groups excluding carboxylic acids is 1. The minimum absolute atomic E-state index is 0.0941. The van der Waals surface area contributed by atoms with Gasteiger partial charge in [-0.25, -0.2) is 4.79 Å². The highest BCUT2D eigenvalue weighted by atomic mass is 16.5. The van der Waals surface area contributed by atoms with Crippen molar-refractivity contribution in [2.24, 2.45) is 17.8 Å². The Hall–Kier alpha value is -1.57. The summed E-state index contributed by atoms with van der Waals surface area (Å²) in [5, 5.41) is 0. The number of hydrogen-bond donors (Lipinski definition) is 0. The van der Waals surface area contributed by atoms with Gasteiger partial charge in [0.1, 0.15) is 6.10 Å². The number of benzene rings is 1. The minimum Gasteiger partial charge on any atom is -0.459 e. The van der Waals surface area contributed by atoms with E-state index in [0.29, 0.717) is 5.57 Å². The van der Waals surface area contributed by atoms with Gasteiger partial charge in [-0.2, -0.15) is 0 Å². The van der Waals surface area contributed by atoms with Gasteiger partial charge in [-0.05, 0) is 49.0 Å². The zero-order valence-corrected chi connectivity index (χ0v) is 12.0. The topological polar surface area (TPSA) is 26.3 Å². The van der Waals surface area contributed by atoms with Crippen molar-refractivity contribution in [1.82, 2.24) is 0 Å². The van der Waals surface area contributed by atoms with Crippen LogP contribution in [0.15, 0.2) is 36.9 Å². The molecule has 0 N–H and O–H groups in total. The molecular formula is C18H22O2. The molecule has 0 amide bonds. The summed E-state index contributed by atoms with van der Waals surface area (Å²) >= 11 is 0. The maximum Gasteiger partial charge on any atom is 0.338 e. The van der Waals surface area contributed by atoms with E-state index in [9.17, 15) is 4.79 Å². The van der Waals surface area contributed by atoms with Gasteiger partial charge in [0, 0.05) is 0 Å². The summed E-state index contributed by atoms with van der Waals surface area (Å²) in [6, 6.07) is 9.56. The Morgan fingerprint density at radius 2 is 1.75 bits per heavy atom. The van der Waals surface area contributed by atoms with Gasteiger partial charge in [0.25, 0.3) is 0 Å². The van der Waals surface area contributed by atoms with Crippen LogP contribution >= 0.6 is 0 Å². The molecule has 0 saturated heterocycles. The maximum absolute atomic E-state index is 12.2. The van der Waals surface area contributed by atoms with E-state index in [1.807, 2.05) is 30.3 Å². The highest BCUT2D eigenvalue weighted by Gasteiger charge is 2.41. The molecule has 2 heteroatoms. The molecule has 1 aromatic carbocycles. The van der Waals surface area contributed by atoms with Crippen molar-refractivity contribution in [1.29, 1.82) is 0 Å². The Morgan fingerprint density at radius 3 is 2.35 bits per heavy atom. The van der Waals surface area contributed by atoms with E-state index in [1.165, 1.54) is 12.8 Å². The fraction of sp³-hybridized carbons (Fsp3) is 0.500. The highest BCUT2D eigenvalue weighted by molar-refractivity contribution is 6.15. The number of carbonyl (C=O) groups is 1. The monoisotopic (exact) mass is 270 g/mol. The van der Waals surface area contributed by atoms with Crippen LogP contribution in [0, 0.1) is 17.8 Å². The Morgan fingerprint density at radius 1 is 1.15 bits per heavy atom. The van der Waals surface area contributed by atoms with Crippen LogP contribution in [0.4, 0.5) is 0 Å². The molecule has 0 aliphatic heterocycles. The van der Waals surface area contributed by atoms with Crippen molar-refractivity contribution >= 4 is 11.5 Å². The molecule has 2 aliphatic carbocycles. The number of fused-ring (bicyclic) bond motifs is 2. The third kappa shape index (κ3) is 2.52. The molecular weight excluding hydrogens is 248 g/mol. The second-order valence-corrected chi connectivity index (χ2v) is 6.30. The summed E-state index contributed by atoms with van der Waals surface area (Å²) in [5.41, 5.74) is 1.32. The molecule has 20 heavy (non-hydrogen) atoms. The molecule has 2 fully saturated rings. The van der Waals surface area contributed by atoms with E-state index in [0.717, 1.165) is 36.2 Å². The molecule has 1 aromatic rings. The number of rotatable bonds is 3. The molecule has 0 spiro atoms. The summed E-state index contributed by atoms with van der Waals surface area (Å²) in [7, 11) is 0. The SMILES string of the molecule is C=C(C(=O)OC1CC2CCC(C1)C2C)c1ccccc1. The Bertz CT molecular complexity index is 491. The van der Waals surface area contributed by atoms with Crippen molar-refractivity contribution in [3.63, 3.8) is 0 Å². The molecule has 0 heterocycles. The summed E-state index contributed by atoms with van der Waals surface area (Å²) in [5.74, 6) is 2.05. The summed E-state index contributed by atoms with van der Waals surface area (Å²) < 4.78 is 5.70.